The van der Waals surface area contributed by atoms with E-state index in [1.165, 1.54) is 295 Å². The lowest BCUT2D eigenvalue weighted by atomic mass is 10.0. The molecular weight excluding hydrogens is 1100 g/mol. The Kier molecular flexibility index (Phi) is 77.2. The number of carbonyl (C=O) groups is 2. The van der Waals surface area contributed by atoms with Crippen molar-refractivity contribution in [1.82, 2.24) is 0 Å². The quantitative estimate of drug-likeness (QED) is 0.0373. The fourth-order valence-electron chi connectivity index (χ4n) is 12.0. The molecule has 0 aliphatic rings. The third-order valence-corrected chi connectivity index (χ3v) is 17.9. The maximum absolute atomic E-state index is 12.4. The minimum absolute atomic E-state index is 0.0656. The number of unbranched alkanes of at least 4 members (excludes halogenated alkanes) is 50. The van der Waals surface area contributed by atoms with E-state index in [1.54, 1.807) is 0 Å². The van der Waals surface area contributed by atoms with Gasteiger partial charge >= 0.3 is 11.9 Å². The third-order valence-electron chi connectivity index (χ3n) is 17.9. The van der Waals surface area contributed by atoms with E-state index < -0.39 is 6.10 Å². The van der Waals surface area contributed by atoms with Crippen LogP contribution in [0.3, 0.4) is 0 Å². The summed E-state index contributed by atoms with van der Waals surface area (Å²) >= 11 is 0. The molecule has 0 aromatic carbocycles. The Balaban J connectivity index is 3.42. The fourth-order valence-corrected chi connectivity index (χ4v) is 12.0. The van der Waals surface area contributed by atoms with E-state index in [2.05, 4.69) is 111 Å². The fraction of sp³-hybridized carbons (Fsp3) is 0.788. The predicted molar refractivity (Wildman–Crippen MR) is 399 cm³/mol. The molecule has 0 saturated carbocycles. The van der Waals surface area contributed by atoms with Gasteiger partial charge in [0, 0.05) is 12.8 Å². The van der Waals surface area contributed by atoms with Crippen molar-refractivity contribution < 1.29 is 24.2 Å². The number of ether oxygens (including phenoxy) is 2. The first-order chi connectivity index (χ1) is 44.6. The van der Waals surface area contributed by atoms with Crippen LogP contribution in [0, 0.1) is 0 Å². The summed E-state index contributed by atoms with van der Waals surface area (Å²) in [7, 11) is 0. The van der Waals surface area contributed by atoms with Crippen LogP contribution < -0.4 is 0 Å². The van der Waals surface area contributed by atoms with Crippen molar-refractivity contribution in [3.8, 4) is 0 Å². The number of rotatable bonds is 74. The zero-order valence-electron chi connectivity index (χ0n) is 60.1. The smallest absolute Gasteiger partial charge is 0.306 e. The molecule has 0 aliphatic carbocycles. The summed E-state index contributed by atoms with van der Waals surface area (Å²) in [5.41, 5.74) is 0. The van der Waals surface area contributed by atoms with Gasteiger partial charge in [0.25, 0.3) is 0 Å². The number of carbonyl (C=O) groups excluding carboxylic acids is 2. The second-order valence-corrected chi connectivity index (χ2v) is 26.8. The SMILES string of the molecule is CC/C=C\C/C=C\C/C=C\C/C=C\C/C=C\C/C=C\C/C=C\C/C=C\CCCCCCCCCCCCCCC(=O)OC(CO)COC(=O)CCCCCCCCCCCCCCCCCCCCCCCCCCCCCCCCCCCCCCCCC. The number of allylic oxidation sites excluding steroid dienone is 16. The summed E-state index contributed by atoms with van der Waals surface area (Å²) < 4.78 is 10.8. The van der Waals surface area contributed by atoms with Gasteiger partial charge < -0.3 is 14.6 Å². The topological polar surface area (TPSA) is 72.8 Å². The van der Waals surface area contributed by atoms with E-state index in [0.29, 0.717) is 12.8 Å². The monoisotopic (exact) mass is 1250 g/mol. The standard InChI is InChI=1S/C85H152O5/c1-3-5-7-9-11-13-15-17-19-21-23-25-27-29-31-33-35-37-39-41-42-44-45-47-49-51-53-55-57-59-61-63-65-67-69-71-73-75-77-79-84(87)89-82-83(81-86)90-85(88)80-78-76-74-72-70-68-66-64-62-60-58-56-54-52-50-48-46-43-40-38-36-34-32-30-28-26-24-22-20-18-16-14-12-10-8-6-4-2/h6,8,12,14,18,20,24,26,30,32,36,38,43,46,50,52,83,86H,3-5,7,9-11,13,15-17,19,21-23,25,27-29,31,33-35,37,39-42,44-45,47-49,51,53-82H2,1-2H3/b8-6-,14-12-,20-18-,26-24-,32-30-,38-36-,46-43-,52-50-. The van der Waals surface area contributed by atoms with E-state index in [4.69, 9.17) is 9.47 Å². The van der Waals surface area contributed by atoms with E-state index in [0.717, 1.165) is 89.9 Å². The summed E-state index contributed by atoms with van der Waals surface area (Å²) in [5, 5.41) is 9.73. The molecule has 1 unspecified atom stereocenters. The highest BCUT2D eigenvalue weighted by molar-refractivity contribution is 5.70. The molecule has 0 heterocycles. The van der Waals surface area contributed by atoms with Crippen molar-refractivity contribution in [1.29, 1.82) is 0 Å². The van der Waals surface area contributed by atoms with Crippen LogP contribution in [0.25, 0.3) is 0 Å². The summed E-state index contributed by atoms with van der Waals surface area (Å²) in [5.74, 6) is -0.577. The highest BCUT2D eigenvalue weighted by atomic mass is 16.6. The second-order valence-electron chi connectivity index (χ2n) is 26.8. The molecule has 522 valence electrons. The molecule has 0 aliphatic heterocycles. The first kappa shape index (κ1) is 86.8. The average Bonchev–Trinajstić information content (AvgIpc) is 3.62. The van der Waals surface area contributed by atoms with Crippen LogP contribution in [0.15, 0.2) is 97.2 Å². The third kappa shape index (κ3) is 77.3. The Morgan fingerprint density at radius 1 is 0.267 bits per heavy atom. The zero-order valence-corrected chi connectivity index (χ0v) is 60.1. The molecule has 5 nitrogen and oxygen atoms in total. The molecule has 1 N–H and O–H groups in total. The van der Waals surface area contributed by atoms with Gasteiger partial charge in [0.15, 0.2) is 6.10 Å². The van der Waals surface area contributed by atoms with Crippen molar-refractivity contribution >= 4 is 11.9 Å². The number of hydrogen-bond donors (Lipinski definition) is 1. The summed E-state index contributed by atoms with van der Waals surface area (Å²) in [6.45, 7) is 4.08. The first-order valence-electron chi connectivity index (χ1n) is 39.8. The van der Waals surface area contributed by atoms with Crippen LogP contribution >= 0.6 is 0 Å². The largest absolute Gasteiger partial charge is 0.462 e. The van der Waals surface area contributed by atoms with Crippen LogP contribution in [0.2, 0.25) is 0 Å². The molecule has 0 saturated heterocycles. The van der Waals surface area contributed by atoms with E-state index in [-0.39, 0.29) is 25.2 Å². The van der Waals surface area contributed by atoms with Crippen molar-refractivity contribution in [2.24, 2.45) is 0 Å². The van der Waals surface area contributed by atoms with E-state index in [9.17, 15) is 14.7 Å². The molecule has 1 atom stereocenters. The van der Waals surface area contributed by atoms with Crippen molar-refractivity contribution in [2.75, 3.05) is 13.2 Å². The molecule has 90 heavy (non-hydrogen) atoms. The van der Waals surface area contributed by atoms with Gasteiger partial charge in [-0.25, -0.2) is 0 Å². The molecule has 0 fully saturated rings. The lowest BCUT2D eigenvalue weighted by Gasteiger charge is -2.15. The highest BCUT2D eigenvalue weighted by Crippen LogP contribution is 2.20. The summed E-state index contributed by atoms with van der Waals surface area (Å²) in [6, 6.07) is 0. The van der Waals surface area contributed by atoms with Gasteiger partial charge in [0.2, 0.25) is 0 Å². The number of aliphatic hydroxyl groups excluding tert-OH is 1. The van der Waals surface area contributed by atoms with Gasteiger partial charge in [-0.2, -0.15) is 0 Å². The lowest BCUT2D eigenvalue weighted by Crippen LogP contribution is -2.28. The Labute approximate surface area is 561 Å². The molecule has 0 radical (unpaired) electrons. The van der Waals surface area contributed by atoms with Crippen LogP contribution in [-0.2, 0) is 19.1 Å². The van der Waals surface area contributed by atoms with Gasteiger partial charge in [-0.15, -0.1) is 0 Å². The number of esters is 2. The Morgan fingerprint density at radius 3 is 0.722 bits per heavy atom. The summed E-state index contributed by atoms with van der Waals surface area (Å²) in [4.78, 5) is 24.7. The van der Waals surface area contributed by atoms with Crippen LogP contribution in [0.5, 0.6) is 0 Å². The maximum atomic E-state index is 12.4. The number of aliphatic hydroxyl groups is 1. The zero-order chi connectivity index (χ0) is 64.7. The Morgan fingerprint density at radius 2 is 0.478 bits per heavy atom. The minimum Gasteiger partial charge on any atom is -0.462 e. The van der Waals surface area contributed by atoms with Crippen LogP contribution in [-0.4, -0.2) is 36.4 Å². The molecule has 0 aromatic heterocycles. The highest BCUT2D eigenvalue weighted by Gasteiger charge is 2.16. The van der Waals surface area contributed by atoms with E-state index >= 15 is 0 Å². The van der Waals surface area contributed by atoms with E-state index in [1.807, 2.05) is 0 Å². The second kappa shape index (κ2) is 80.1. The number of hydrogen-bond acceptors (Lipinski definition) is 5. The molecular formula is C85H152O5. The molecule has 5 heteroatoms. The Hall–Kier alpha value is -3.18. The average molecular weight is 1250 g/mol. The van der Waals surface area contributed by atoms with Gasteiger partial charge in [-0.3, -0.25) is 9.59 Å². The maximum Gasteiger partial charge on any atom is 0.306 e. The van der Waals surface area contributed by atoms with Crippen molar-refractivity contribution in [2.45, 2.75) is 418 Å². The molecule has 0 aromatic rings. The van der Waals surface area contributed by atoms with Gasteiger partial charge in [0.1, 0.15) is 6.61 Å². The van der Waals surface area contributed by atoms with Crippen LogP contribution in [0.1, 0.15) is 412 Å². The summed E-state index contributed by atoms with van der Waals surface area (Å²) in [6.07, 6.45) is 115. The lowest BCUT2D eigenvalue weighted by molar-refractivity contribution is -0.161. The predicted octanol–water partition coefficient (Wildman–Crippen LogP) is 28.1. The van der Waals surface area contributed by atoms with Crippen molar-refractivity contribution in [3.05, 3.63) is 97.2 Å². The van der Waals surface area contributed by atoms with Crippen LogP contribution in [0.4, 0.5) is 0 Å². The van der Waals surface area contributed by atoms with Gasteiger partial charge in [-0.1, -0.05) is 419 Å². The minimum atomic E-state index is -0.778. The molecule has 0 spiro atoms. The molecule has 0 amide bonds. The van der Waals surface area contributed by atoms with Gasteiger partial charge in [-0.05, 0) is 77.0 Å². The first-order valence-corrected chi connectivity index (χ1v) is 39.8. The molecule has 0 rings (SSSR count). The normalized spacial score (nSPS) is 12.7. The van der Waals surface area contributed by atoms with Crippen molar-refractivity contribution in [3.63, 3.8) is 0 Å². The molecule has 0 bridgehead atoms. The van der Waals surface area contributed by atoms with Gasteiger partial charge in [0.05, 0.1) is 6.61 Å². The Bertz CT molecular complexity index is 1660.